The monoisotopic (exact) mass is 329 g/mol. The van der Waals surface area contributed by atoms with Gasteiger partial charge in [-0.1, -0.05) is 0 Å². The number of methoxy groups -OCH3 is 2. The molecule has 2 atom stereocenters. The lowest BCUT2D eigenvalue weighted by Gasteiger charge is -2.46. The van der Waals surface area contributed by atoms with Crippen molar-refractivity contribution in [2.45, 2.75) is 88.9 Å². The van der Waals surface area contributed by atoms with Crippen LogP contribution in [-0.2, 0) is 14.2 Å². The van der Waals surface area contributed by atoms with Gasteiger partial charge in [-0.15, -0.1) is 0 Å². The molecule has 0 spiro atoms. The Labute approximate surface area is 139 Å². The van der Waals surface area contributed by atoms with Crippen molar-refractivity contribution < 1.29 is 24.1 Å². The number of fused-ring (bicyclic) bond motifs is 2. The van der Waals surface area contributed by atoms with Crippen molar-refractivity contribution in [3.05, 3.63) is 0 Å². The number of ether oxygens (including phenoxy) is 3. The van der Waals surface area contributed by atoms with Crippen LogP contribution in [0.4, 0.5) is 4.79 Å². The molecule has 2 heterocycles. The second kappa shape index (κ2) is 6.22. The van der Waals surface area contributed by atoms with Crippen molar-refractivity contribution in [3.8, 4) is 0 Å². The summed E-state index contributed by atoms with van der Waals surface area (Å²) >= 11 is 0. The number of amides is 1. The molecule has 2 rings (SSSR count). The van der Waals surface area contributed by atoms with Gasteiger partial charge in [-0.05, 0) is 53.4 Å². The number of carbonyl (C=O) groups is 1. The second-order valence-electron chi connectivity index (χ2n) is 8.12. The van der Waals surface area contributed by atoms with Crippen LogP contribution in [0.2, 0.25) is 0 Å². The van der Waals surface area contributed by atoms with Gasteiger partial charge in [0, 0.05) is 32.7 Å². The van der Waals surface area contributed by atoms with Crippen LogP contribution in [0.25, 0.3) is 0 Å². The van der Waals surface area contributed by atoms with Gasteiger partial charge >= 0.3 is 6.09 Å². The first-order valence-corrected chi connectivity index (χ1v) is 8.35. The van der Waals surface area contributed by atoms with Gasteiger partial charge in [0.05, 0.1) is 5.60 Å². The van der Waals surface area contributed by atoms with E-state index >= 15 is 0 Å². The lowest BCUT2D eigenvalue weighted by Crippen LogP contribution is -2.56. The molecule has 2 saturated heterocycles. The van der Waals surface area contributed by atoms with Gasteiger partial charge < -0.3 is 24.2 Å². The number of hydrogen-bond acceptors (Lipinski definition) is 5. The predicted octanol–water partition coefficient (Wildman–Crippen LogP) is 2.68. The fourth-order valence-electron chi connectivity index (χ4n) is 3.90. The van der Waals surface area contributed by atoms with E-state index in [-0.39, 0.29) is 18.2 Å². The number of nitrogens with zero attached hydrogens (tertiary/aromatic N) is 1. The first-order valence-electron chi connectivity index (χ1n) is 8.35. The summed E-state index contributed by atoms with van der Waals surface area (Å²) in [7, 11) is 3.16. The van der Waals surface area contributed by atoms with E-state index in [9.17, 15) is 9.90 Å². The Morgan fingerprint density at radius 2 is 1.61 bits per heavy atom. The molecular formula is C17H31NO5. The Morgan fingerprint density at radius 3 is 2.00 bits per heavy atom. The number of rotatable bonds is 4. The minimum atomic E-state index is -0.884. The number of aliphatic hydroxyl groups is 1. The average Bonchev–Trinajstić information content (AvgIpc) is 2.70. The second-order valence-corrected chi connectivity index (χ2v) is 8.12. The zero-order chi connectivity index (χ0) is 17.5. The molecular weight excluding hydrogens is 298 g/mol. The highest BCUT2D eigenvalue weighted by Gasteiger charge is 2.52. The van der Waals surface area contributed by atoms with Gasteiger partial charge in [0.25, 0.3) is 0 Å². The maximum Gasteiger partial charge on any atom is 0.410 e. The van der Waals surface area contributed by atoms with E-state index in [1.807, 2.05) is 32.6 Å². The Kier molecular flexibility index (Phi) is 5.00. The summed E-state index contributed by atoms with van der Waals surface area (Å²) in [6.45, 7) is 7.44. The van der Waals surface area contributed by atoms with Gasteiger partial charge in [-0.3, -0.25) is 0 Å². The third-order valence-electron chi connectivity index (χ3n) is 4.97. The lowest BCUT2D eigenvalue weighted by atomic mass is 9.81. The molecule has 1 amide bonds. The molecule has 0 aliphatic carbocycles. The minimum absolute atomic E-state index is 0.0200. The highest BCUT2D eigenvalue weighted by atomic mass is 16.7. The van der Waals surface area contributed by atoms with Crippen LogP contribution in [0.1, 0.15) is 59.8 Å². The largest absolute Gasteiger partial charge is 0.444 e. The molecule has 2 bridgehead atoms. The van der Waals surface area contributed by atoms with Crippen LogP contribution in [0.5, 0.6) is 0 Å². The highest BCUT2D eigenvalue weighted by molar-refractivity contribution is 5.69. The van der Waals surface area contributed by atoms with E-state index in [0.717, 1.165) is 12.8 Å². The zero-order valence-corrected chi connectivity index (χ0v) is 15.2. The normalized spacial score (nSPS) is 31.3. The predicted molar refractivity (Wildman–Crippen MR) is 86.1 cm³/mol. The van der Waals surface area contributed by atoms with Gasteiger partial charge in [0.15, 0.2) is 5.79 Å². The smallest absolute Gasteiger partial charge is 0.410 e. The third kappa shape index (κ3) is 4.17. The summed E-state index contributed by atoms with van der Waals surface area (Å²) in [5.41, 5.74) is -1.39. The fraction of sp³-hybridized carbons (Fsp3) is 0.941. The number of hydrogen-bond donors (Lipinski definition) is 1. The van der Waals surface area contributed by atoms with Crippen molar-refractivity contribution in [3.63, 3.8) is 0 Å². The molecule has 1 N–H and O–H groups in total. The molecule has 2 unspecified atom stereocenters. The molecule has 134 valence electrons. The van der Waals surface area contributed by atoms with Gasteiger partial charge in [0.1, 0.15) is 5.60 Å². The van der Waals surface area contributed by atoms with Gasteiger partial charge in [0.2, 0.25) is 0 Å². The van der Waals surface area contributed by atoms with Crippen LogP contribution in [0.15, 0.2) is 0 Å². The Balaban J connectivity index is 2.08. The Hall–Kier alpha value is -0.850. The average molecular weight is 329 g/mol. The van der Waals surface area contributed by atoms with E-state index in [1.54, 1.807) is 14.2 Å². The van der Waals surface area contributed by atoms with E-state index in [0.29, 0.717) is 19.3 Å². The number of carbonyl (C=O) groups excluding carboxylic acids is 1. The topological polar surface area (TPSA) is 68.2 Å². The quantitative estimate of drug-likeness (QED) is 0.803. The molecule has 6 heteroatoms. The van der Waals surface area contributed by atoms with Crippen molar-refractivity contribution in [2.75, 3.05) is 14.2 Å². The van der Waals surface area contributed by atoms with Crippen molar-refractivity contribution in [1.82, 2.24) is 4.90 Å². The number of piperidine rings is 1. The minimum Gasteiger partial charge on any atom is -0.444 e. The SMILES string of the molecule is COC(C)(CC1(O)CC2CCC(C1)N2C(=O)OC(C)(C)C)OC. The van der Waals surface area contributed by atoms with Crippen molar-refractivity contribution >= 4 is 6.09 Å². The molecule has 0 aromatic carbocycles. The van der Waals surface area contributed by atoms with Crippen LogP contribution in [0, 0.1) is 0 Å². The van der Waals surface area contributed by atoms with Crippen LogP contribution < -0.4 is 0 Å². The van der Waals surface area contributed by atoms with Crippen LogP contribution in [0.3, 0.4) is 0 Å². The van der Waals surface area contributed by atoms with Gasteiger partial charge in [-0.25, -0.2) is 4.79 Å². The Morgan fingerprint density at radius 1 is 1.13 bits per heavy atom. The van der Waals surface area contributed by atoms with E-state index in [1.165, 1.54) is 0 Å². The zero-order valence-electron chi connectivity index (χ0n) is 15.2. The maximum absolute atomic E-state index is 12.5. The lowest BCUT2D eigenvalue weighted by molar-refractivity contribution is -0.230. The molecule has 6 nitrogen and oxygen atoms in total. The van der Waals surface area contributed by atoms with Crippen molar-refractivity contribution in [2.24, 2.45) is 0 Å². The first-order chi connectivity index (χ1) is 10.5. The molecule has 2 aliphatic heterocycles. The third-order valence-corrected chi connectivity index (χ3v) is 4.97. The van der Waals surface area contributed by atoms with E-state index in [2.05, 4.69) is 0 Å². The molecule has 0 aromatic rings. The molecule has 0 aromatic heterocycles. The Bertz CT molecular complexity index is 427. The van der Waals surface area contributed by atoms with E-state index < -0.39 is 17.0 Å². The van der Waals surface area contributed by atoms with Crippen LogP contribution >= 0.6 is 0 Å². The maximum atomic E-state index is 12.5. The summed E-state index contributed by atoms with van der Waals surface area (Å²) in [4.78, 5) is 14.3. The fourth-order valence-corrected chi connectivity index (χ4v) is 3.90. The summed E-state index contributed by atoms with van der Waals surface area (Å²) in [5.74, 6) is -0.817. The standard InChI is InChI=1S/C17H31NO5/c1-15(2,3)23-14(19)18-12-7-8-13(18)10-17(20,9-12)11-16(4,21-5)22-6/h12-13,20H,7-11H2,1-6H3. The summed E-state index contributed by atoms with van der Waals surface area (Å²) < 4.78 is 16.3. The molecule has 2 fully saturated rings. The molecule has 23 heavy (non-hydrogen) atoms. The highest BCUT2D eigenvalue weighted by Crippen LogP contribution is 2.45. The molecule has 0 radical (unpaired) electrons. The summed E-state index contributed by atoms with van der Waals surface area (Å²) in [6, 6.07) is 0.0399. The van der Waals surface area contributed by atoms with Crippen molar-refractivity contribution in [1.29, 1.82) is 0 Å². The molecule has 0 saturated carbocycles. The van der Waals surface area contributed by atoms with Gasteiger partial charge in [-0.2, -0.15) is 0 Å². The molecule has 2 aliphatic rings. The summed E-state index contributed by atoms with van der Waals surface area (Å²) in [6.07, 6.45) is 3.00. The van der Waals surface area contributed by atoms with E-state index in [4.69, 9.17) is 14.2 Å². The summed E-state index contributed by atoms with van der Waals surface area (Å²) in [5, 5.41) is 11.0. The van der Waals surface area contributed by atoms with Crippen LogP contribution in [-0.4, -0.2) is 59.4 Å². The first kappa shape index (κ1) is 18.5.